The first-order chi connectivity index (χ1) is 21.5. The van der Waals surface area contributed by atoms with Gasteiger partial charge in [-0.3, -0.25) is 5.32 Å². The lowest BCUT2D eigenvalue weighted by Crippen LogP contribution is -2.39. The molecule has 0 bridgehead atoms. The second-order valence-corrected chi connectivity index (χ2v) is 14.5. The quantitative estimate of drug-likeness (QED) is 0.216. The number of benzene rings is 3. The first kappa shape index (κ1) is 30.5. The van der Waals surface area contributed by atoms with Crippen molar-refractivity contribution in [2.75, 3.05) is 23.7 Å². The van der Waals surface area contributed by atoms with E-state index in [1.165, 1.54) is 4.31 Å². The number of amides is 2. The van der Waals surface area contributed by atoms with Crippen LogP contribution >= 0.6 is 0 Å². The third kappa shape index (κ3) is 6.47. The summed E-state index contributed by atoms with van der Waals surface area (Å²) in [4.78, 5) is 13.4. The highest BCUT2D eigenvalue weighted by atomic mass is 32.2. The topological polar surface area (TPSA) is 135 Å². The molecule has 234 valence electrons. The fourth-order valence-corrected chi connectivity index (χ4v) is 7.21. The molecular formula is C33H37N7O4S. The molecule has 3 heterocycles. The Balaban J connectivity index is 1.13. The summed E-state index contributed by atoms with van der Waals surface area (Å²) in [6.45, 7) is 9.07. The number of piperidine rings is 1. The molecule has 0 aliphatic carbocycles. The number of fused-ring (bicyclic) bond motifs is 1. The summed E-state index contributed by atoms with van der Waals surface area (Å²) >= 11 is 0. The molecule has 45 heavy (non-hydrogen) atoms. The largest absolute Gasteiger partial charge is 0.324 e. The molecule has 0 spiro atoms. The summed E-state index contributed by atoms with van der Waals surface area (Å²) < 4.78 is 34.9. The molecule has 11 nitrogen and oxygen atoms in total. The predicted molar refractivity (Wildman–Crippen MR) is 173 cm³/mol. The number of aromatic nitrogens is 4. The Hall–Kier alpha value is -4.55. The van der Waals surface area contributed by atoms with Gasteiger partial charge in [0.25, 0.3) is 0 Å². The maximum Gasteiger partial charge on any atom is 0.324 e. The molecule has 2 N–H and O–H groups in total. The van der Waals surface area contributed by atoms with Gasteiger partial charge in [-0.1, -0.05) is 62.7 Å². The van der Waals surface area contributed by atoms with Crippen molar-refractivity contribution in [2.24, 2.45) is 5.92 Å². The fraction of sp³-hybridized carbons (Fsp3) is 0.333. The van der Waals surface area contributed by atoms with Crippen LogP contribution in [0.15, 0.2) is 82.3 Å². The molecule has 0 saturated carbocycles. The van der Waals surface area contributed by atoms with Gasteiger partial charge in [0.05, 0.1) is 11.4 Å². The van der Waals surface area contributed by atoms with E-state index in [1.807, 2.05) is 61.5 Å². The molecule has 0 radical (unpaired) electrons. The molecule has 6 rings (SSSR count). The van der Waals surface area contributed by atoms with Gasteiger partial charge in [-0.05, 0) is 78.3 Å². The van der Waals surface area contributed by atoms with Crippen molar-refractivity contribution >= 4 is 38.6 Å². The number of carbonyl (C=O) groups excluding carboxylic acids is 1. The van der Waals surface area contributed by atoms with E-state index in [0.29, 0.717) is 49.4 Å². The molecule has 5 aromatic rings. The van der Waals surface area contributed by atoms with Crippen LogP contribution in [0.25, 0.3) is 16.7 Å². The smallest absolute Gasteiger partial charge is 0.307 e. The third-order valence-electron chi connectivity index (χ3n) is 8.21. The van der Waals surface area contributed by atoms with Crippen LogP contribution in [0.2, 0.25) is 0 Å². The van der Waals surface area contributed by atoms with Crippen molar-refractivity contribution in [2.45, 2.75) is 57.3 Å². The van der Waals surface area contributed by atoms with Crippen LogP contribution in [0.4, 0.5) is 16.3 Å². The van der Waals surface area contributed by atoms with Gasteiger partial charge in [-0.2, -0.15) is 9.40 Å². The Kier molecular flexibility index (Phi) is 8.19. The minimum Gasteiger partial charge on any atom is -0.307 e. The third-order valence-corrected chi connectivity index (χ3v) is 10.1. The van der Waals surface area contributed by atoms with E-state index in [9.17, 15) is 13.2 Å². The van der Waals surface area contributed by atoms with Crippen molar-refractivity contribution < 1.29 is 17.8 Å². The van der Waals surface area contributed by atoms with E-state index in [0.717, 1.165) is 22.5 Å². The molecule has 1 aliphatic rings. The number of hydrogen-bond acceptors (Lipinski definition) is 7. The summed E-state index contributed by atoms with van der Waals surface area (Å²) in [5, 5.41) is 18.4. The van der Waals surface area contributed by atoms with E-state index < -0.39 is 10.0 Å². The highest BCUT2D eigenvalue weighted by Gasteiger charge is 2.32. The molecule has 0 atom stereocenters. The number of sulfonamides is 1. The maximum absolute atomic E-state index is 13.4. The lowest BCUT2D eigenvalue weighted by molar-refractivity contribution is 0.261. The van der Waals surface area contributed by atoms with Crippen molar-refractivity contribution in [1.29, 1.82) is 0 Å². The monoisotopic (exact) mass is 627 g/mol. The Bertz CT molecular complexity index is 1930. The minimum atomic E-state index is -3.74. The van der Waals surface area contributed by atoms with Gasteiger partial charge in [0.15, 0.2) is 5.52 Å². The number of carbonyl (C=O) groups is 1. The average molecular weight is 628 g/mol. The number of nitrogens with one attached hydrogen (secondary N) is 2. The van der Waals surface area contributed by atoms with Crippen LogP contribution in [0.1, 0.15) is 50.4 Å². The molecule has 1 fully saturated rings. The van der Waals surface area contributed by atoms with Crippen LogP contribution in [0, 0.1) is 12.8 Å². The Morgan fingerprint density at radius 3 is 2.42 bits per heavy atom. The summed E-state index contributed by atoms with van der Waals surface area (Å²) in [6.07, 6.45) is 2.10. The fourth-order valence-electron chi connectivity index (χ4n) is 5.60. The Labute approximate surface area is 262 Å². The predicted octanol–water partition coefficient (Wildman–Crippen LogP) is 6.30. The Morgan fingerprint density at radius 2 is 1.69 bits per heavy atom. The van der Waals surface area contributed by atoms with Crippen LogP contribution in [0.5, 0.6) is 0 Å². The van der Waals surface area contributed by atoms with Crippen LogP contribution < -0.4 is 10.6 Å². The summed E-state index contributed by atoms with van der Waals surface area (Å²) in [5.41, 5.74) is 5.02. The second kappa shape index (κ2) is 12.1. The van der Waals surface area contributed by atoms with Gasteiger partial charge >= 0.3 is 6.03 Å². The van der Waals surface area contributed by atoms with Crippen molar-refractivity contribution in [3.63, 3.8) is 0 Å². The molecule has 0 unspecified atom stereocenters. The first-order valence-corrected chi connectivity index (χ1v) is 16.5. The SMILES string of the molecule is Cc1ccc(-n2nc(C(C)(C)C)cc2NC(=O)Nc2ccccc2CC2CCN(S(=O)(=O)c3cccc4nonc34)CC2)cc1. The number of anilines is 2. The van der Waals surface area contributed by atoms with E-state index in [2.05, 4.69) is 41.7 Å². The van der Waals surface area contributed by atoms with E-state index in [-0.39, 0.29) is 27.8 Å². The molecule has 2 amide bonds. The minimum absolute atomic E-state index is 0.110. The molecule has 12 heteroatoms. The van der Waals surface area contributed by atoms with Crippen LogP contribution in [-0.2, 0) is 21.9 Å². The molecular weight excluding hydrogens is 590 g/mol. The molecule has 2 aromatic heterocycles. The summed E-state index contributed by atoms with van der Waals surface area (Å²) in [5.74, 6) is 0.828. The number of nitrogens with zero attached hydrogens (tertiary/aromatic N) is 5. The molecule has 1 saturated heterocycles. The maximum atomic E-state index is 13.4. The van der Waals surface area contributed by atoms with Gasteiger partial charge in [0, 0.05) is 30.3 Å². The van der Waals surface area contributed by atoms with Gasteiger partial charge in [-0.15, -0.1) is 0 Å². The van der Waals surface area contributed by atoms with Gasteiger partial charge in [0.2, 0.25) is 10.0 Å². The van der Waals surface area contributed by atoms with Crippen LogP contribution in [0.3, 0.4) is 0 Å². The zero-order chi connectivity index (χ0) is 31.8. The second-order valence-electron chi connectivity index (χ2n) is 12.6. The van der Waals surface area contributed by atoms with E-state index in [4.69, 9.17) is 9.73 Å². The molecule has 3 aromatic carbocycles. The number of aryl methyl sites for hydroxylation is 1. The molecule has 1 aliphatic heterocycles. The normalized spacial score (nSPS) is 14.9. The van der Waals surface area contributed by atoms with E-state index in [1.54, 1.807) is 22.9 Å². The van der Waals surface area contributed by atoms with Gasteiger partial charge in [0.1, 0.15) is 16.2 Å². The summed E-state index contributed by atoms with van der Waals surface area (Å²) in [7, 11) is -3.74. The number of para-hydroxylation sites is 1. The number of hydrogen-bond donors (Lipinski definition) is 2. The number of urea groups is 1. The lowest BCUT2D eigenvalue weighted by Gasteiger charge is -2.31. The van der Waals surface area contributed by atoms with Crippen LogP contribution in [-0.4, -0.2) is 51.9 Å². The zero-order valence-corrected chi connectivity index (χ0v) is 26.6. The lowest BCUT2D eigenvalue weighted by atomic mass is 9.90. The van der Waals surface area contributed by atoms with Gasteiger partial charge in [-0.25, -0.2) is 22.5 Å². The highest BCUT2D eigenvalue weighted by molar-refractivity contribution is 7.89. The van der Waals surface area contributed by atoms with Crippen molar-refractivity contribution in [3.8, 4) is 5.69 Å². The number of rotatable bonds is 7. The van der Waals surface area contributed by atoms with Crippen molar-refractivity contribution in [1.82, 2.24) is 24.4 Å². The summed E-state index contributed by atoms with van der Waals surface area (Å²) in [6, 6.07) is 22.1. The highest BCUT2D eigenvalue weighted by Crippen LogP contribution is 2.31. The zero-order valence-electron chi connectivity index (χ0n) is 25.8. The van der Waals surface area contributed by atoms with Crippen molar-refractivity contribution in [3.05, 3.63) is 89.6 Å². The van der Waals surface area contributed by atoms with E-state index >= 15 is 0 Å². The average Bonchev–Trinajstić information content (AvgIpc) is 3.66. The first-order valence-electron chi connectivity index (χ1n) is 15.0. The van der Waals surface area contributed by atoms with Gasteiger partial charge < -0.3 is 5.32 Å². The Morgan fingerprint density at radius 1 is 0.956 bits per heavy atom. The standard InChI is InChI=1S/C33H37N7O4S/c1-22-12-14-25(15-13-22)40-30(21-29(36-40)33(2,3)4)35-32(41)34-26-9-6-5-8-24(26)20-23-16-18-39(19-17-23)45(42,43)28-11-7-10-27-31(28)38-44-37-27/h5-15,21,23H,16-20H2,1-4H3,(H2,34,35,41).